The van der Waals surface area contributed by atoms with Crippen molar-refractivity contribution in [2.75, 3.05) is 0 Å². The Labute approximate surface area is 197 Å². The summed E-state index contributed by atoms with van der Waals surface area (Å²) in [5, 5.41) is 26.2. The topological polar surface area (TPSA) is 171 Å². The minimum absolute atomic E-state index is 0.0312. The van der Waals surface area contributed by atoms with Crippen LogP contribution in [0.4, 0.5) is 0 Å². The number of amides is 3. The number of aromatic hydroxyl groups is 1. The Kier molecular flexibility index (Phi) is 9.57. The molecule has 3 amide bonds. The predicted octanol–water partition coefficient (Wildman–Crippen LogP) is 0.0835. The molecule has 0 aliphatic carbocycles. The molecule has 34 heavy (non-hydrogen) atoms. The van der Waals surface area contributed by atoms with Crippen LogP contribution in [0.25, 0.3) is 0 Å². The second-order valence-electron chi connectivity index (χ2n) is 8.04. The van der Waals surface area contributed by atoms with Crippen LogP contribution in [0, 0.1) is 0 Å². The van der Waals surface area contributed by atoms with Crippen LogP contribution in [0.1, 0.15) is 25.0 Å². The lowest BCUT2D eigenvalue weighted by Crippen LogP contribution is -2.57. The second kappa shape index (κ2) is 12.4. The molecule has 0 saturated carbocycles. The van der Waals surface area contributed by atoms with Crippen molar-refractivity contribution < 1.29 is 29.4 Å². The minimum Gasteiger partial charge on any atom is -0.508 e. The van der Waals surface area contributed by atoms with Crippen LogP contribution in [0.15, 0.2) is 54.6 Å². The van der Waals surface area contributed by atoms with Gasteiger partial charge in [0, 0.05) is 12.8 Å². The third kappa shape index (κ3) is 8.21. The molecular weight excluding hydrogens is 440 g/mol. The fourth-order valence-corrected chi connectivity index (χ4v) is 3.09. The fourth-order valence-electron chi connectivity index (χ4n) is 3.09. The van der Waals surface area contributed by atoms with E-state index in [-0.39, 0.29) is 18.6 Å². The van der Waals surface area contributed by atoms with Crippen LogP contribution in [0.2, 0.25) is 0 Å². The number of phenols is 1. The van der Waals surface area contributed by atoms with Crippen molar-refractivity contribution in [2.45, 2.75) is 50.9 Å². The lowest BCUT2D eigenvalue weighted by atomic mass is 10.0. The maximum atomic E-state index is 13.2. The van der Waals surface area contributed by atoms with E-state index < -0.39 is 47.9 Å². The van der Waals surface area contributed by atoms with Crippen molar-refractivity contribution in [2.24, 2.45) is 5.73 Å². The van der Waals surface area contributed by atoms with Crippen molar-refractivity contribution in [3.63, 3.8) is 0 Å². The Morgan fingerprint density at radius 2 is 1.24 bits per heavy atom. The molecule has 10 heteroatoms. The summed E-state index contributed by atoms with van der Waals surface area (Å²) in [4.78, 5) is 49.4. The average molecular weight is 471 g/mol. The molecule has 0 aliphatic heterocycles. The van der Waals surface area contributed by atoms with E-state index in [0.717, 1.165) is 5.56 Å². The van der Waals surface area contributed by atoms with Gasteiger partial charge in [-0.25, -0.2) is 0 Å². The zero-order valence-electron chi connectivity index (χ0n) is 19.0. The number of nitrogens with two attached hydrogens (primary N) is 1. The van der Waals surface area contributed by atoms with E-state index in [1.807, 2.05) is 6.07 Å². The molecule has 0 fully saturated rings. The Bertz CT molecular complexity index is 994. The number of hydrogen-bond acceptors (Lipinski definition) is 6. The summed E-state index contributed by atoms with van der Waals surface area (Å²) in [6, 6.07) is 10.9. The highest BCUT2D eigenvalue weighted by Crippen LogP contribution is 2.12. The first kappa shape index (κ1) is 26.3. The standard InChI is InChI=1S/C24H30N4O6/c1-14(25)21(30)27-20(12-16-6-4-3-5-7-16)23(32)28-19(22(31)26-15(2)24(33)34)13-17-8-10-18(29)11-9-17/h3-11,14-15,19-20,29H,12-13,25H2,1-2H3,(H,26,31)(H,27,30)(H,28,32)(H,33,34). The number of carboxylic acid groups (broad SMARTS) is 1. The highest BCUT2D eigenvalue weighted by molar-refractivity contribution is 5.94. The molecule has 4 atom stereocenters. The second-order valence-corrected chi connectivity index (χ2v) is 8.04. The van der Waals surface area contributed by atoms with Crippen molar-refractivity contribution in [1.29, 1.82) is 0 Å². The molecule has 7 N–H and O–H groups in total. The zero-order valence-corrected chi connectivity index (χ0v) is 19.0. The highest BCUT2D eigenvalue weighted by Gasteiger charge is 2.29. The van der Waals surface area contributed by atoms with Gasteiger partial charge in [-0.1, -0.05) is 42.5 Å². The fraction of sp³-hybridized carbons (Fsp3) is 0.333. The molecule has 10 nitrogen and oxygen atoms in total. The van der Waals surface area contributed by atoms with Crippen LogP contribution in [0.5, 0.6) is 5.75 Å². The molecule has 182 valence electrons. The summed E-state index contributed by atoms with van der Waals surface area (Å²) in [6.45, 7) is 2.79. The van der Waals surface area contributed by atoms with Crippen LogP contribution >= 0.6 is 0 Å². The Morgan fingerprint density at radius 3 is 1.74 bits per heavy atom. The van der Waals surface area contributed by atoms with E-state index in [0.29, 0.717) is 5.56 Å². The minimum atomic E-state index is -1.23. The number of carbonyl (C=O) groups is 4. The van der Waals surface area contributed by atoms with E-state index in [1.54, 1.807) is 36.4 Å². The lowest BCUT2D eigenvalue weighted by Gasteiger charge is -2.24. The van der Waals surface area contributed by atoms with E-state index >= 15 is 0 Å². The Morgan fingerprint density at radius 1 is 0.765 bits per heavy atom. The quantitative estimate of drug-likeness (QED) is 0.270. The number of aliphatic carboxylic acids is 1. The van der Waals surface area contributed by atoms with Gasteiger partial charge in [0.05, 0.1) is 6.04 Å². The molecule has 0 aromatic heterocycles. The highest BCUT2D eigenvalue weighted by atomic mass is 16.4. The van der Waals surface area contributed by atoms with Gasteiger partial charge >= 0.3 is 5.97 Å². The first-order valence-corrected chi connectivity index (χ1v) is 10.8. The monoisotopic (exact) mass is 470 g/mol. The van der Waals surface area contributed by atoms with Gasteiger partial charge in [0.1, 0.15) is 23.9 Å². The summed E-state index contributed by atoms with van der Waals surface area (Å²) in [7, 11) is 0. The molecule has 0 spiro atoms. The average Bonchev–Trinajstić information content (AvgIpc) is 2.79. The summed E-state index contributed by atoms with van der Waals surface area (Å²) >= 11 is 0. The largest absolute Gasteiger partial charge is 0.508 e. The number of carbonyl (C=O) groups excluding carboxylic acids is 3. The van der Waals surface area contributed by atoms with Gasteiger partial charge in [0.2, 0.25) is 17.7 Å². The van der Waals surface area contributed by atoms with Gasteiger partial charge in [-0.15, -0.1) is 0 Å². The van der Waals surface area contributed by atoms with Gasteiger partial charge in [-0.3, -0.25) is 19.2 Å². The SMILES string of the molecule is CC(N)C(=O)NC(Cc1ccccc1)C(=O)NC(Cc1ccc(O)cc1)C(=O)NC(C)C(=O)O. The van der Waals surface area contributed by atoms with Crippen LogP contribution in [-0.2, 0) is 32.0 Å². The van der Waals surface area contributed by atoms with Crippen LogP contribution in [0.3, 0.4) is 0 Å². The number of hydrogen-bond donors (Lipinski definition) is 6. The number of phenolic OH excluding ortho intramolecular Hbond substituents is 1. The summed E-state index contributed by atoms with van der Waals surface area (Å²) in [5.41, 5.74) is 7.05. The molecule has 0 aliphatic rings. The normalized spacial score (nSPS) is 14.2. The number of benzene rings is 2. The third-order valence-corrected chi connectivity index (χ3v) is 5.07. The summed E-state index contributed by atoms with van der Waals surface area (Å²) < 4.78 is 0. The maximum Gasteiger partial charge on any atom is 0.325 e. The van der Waals surface area contributed by atoms with E-state index in [9.17, 15) is 24.3 Å². The molecule has 2 aromatic carbocycles. The third-order valence-electron chi connectivity index (χ3n) is 5.07. The van der Waals surface area contributed by atoms with Gasteiger partial charge in [0.25, 0.3) is 0 Å². The van der Waals surface area contributed by atoms with Crippen molar-refractivity contribution in [1.82, 2.24) is 16.0 Å². The Hall–Kier alpha value is -3.92. The van der Waals surface area contributed by atoms with E-state index in [4.69, 9.17) is 10.8 Å². The van der Waals surface area contributed by atoms with Gasteiger partial charge < -0.3 is 31.9 Å². The molecular formula is C24H30N4O6. The molecule has 2 aromatic rings. The molecule has 0 bridgehead atoms. The molecule has 0 saturated heterocycles. The first-order valence-electron chi connectivity index (χ1n) is 10.8. The van der Waals surface area contributed by atoms with Crippen molar-refractivity contribution in [3.05, 3.63) is 65.7 Å². The number of nitrogens with one attached hydrogen (secondary N) is 3. The number of rotatable bonds is 11. The van der Waals surface area contributed by atoms with Gasteiger partial charge in [0.15, 0.2) is 0 Å². The summed E-state index contributed by atoms with van der Waals surface area (Å²) in [6.07, 6.45) is 0.188. The molecule has 0 heterocycles. The smallest absolute Gasteiger partial charge is 0.325 e. The maximum absolute atomic E-state index is 13.2. The lowest BCUT2D eigenvalue weighted by molar-refractivity contribution is -0.141. The Balaban J connectivity index is 2.26. The molecule has 4 unspecified atom stereocenters. The molecule has 2 rings (SSSR count). The van der Waals surface area contributed by atoms with Gasteiger partial charge in [-0.2, -0.15) is 0 Å². The van der Waals surface area contributed by atoms with E-state index in [1.165, 1.54) is 26.0 Å². The predicted molar refractivity (Wildman–Crippen MR) is 125 cm³/mol. The van der Waals surface area contributed by atoms with Crippen LogP contribution in [-0.4, -0.2) is 58.1 Å². The van der Waals surface area contributed by atoms with E-state index in [2.05, 4.69) is 16.0 Å². The van der Waals surface area contributed by atoms with Crippen molar-refractivity contribution >= 4 is 23.7 Å². The van der Waals surface area contributed by atoms with Crippen LogP contribution < -0.4 is 21.7 Å². The zero-order chi connectivity index (χ0) is 25.3. The molecule has 0 radical (unpaired) electrons. The number of carboxylic acids is 1. The summed E-state index contributed by atoms with van der Waals surface area (Å²) in [5.74, 6) is -3.05. The van der Waals surface area contributed by atoms with Gasteiger partial charge in [-0.05, 0) is 37.1 Å². The first-order chi connectivity index (χ1) is 16.1. The van der Waals surface area contributed by atoms with Crippen molar-refractivity contribution in [3.8, 4) is 5.75 Å².